The van der Waals surface area contributed by atoms with E-state index in [-0.39, 0.29) is 15.7 Å². The monoisotopic (exact) mass is 305 g/mol. The van der Waals surface area contributed by atoms with E-state index in [0.29, 0.717) is 0 Å². The molecule has 0 unspecified atom stereocenters. The summed E-state index contributed by atoms with van der Waals surface area (Å²) in [7, 11) is 1.25. The Balaban J connectivity index is 3.37. The van der Waals surface area contributed by atoms with Gasteiger partial charge in [0.15, 0.2) is 5.96 Å². The smallest absolute Gasteiger partial charge is 0.351 e. The molecular formula is C9H9Cl2N5O3. The zero-order chi connectivity index (χ0) is 14.7. The summed E-state index contributed by atoms with van der Waals surface area (Å²) in [6, 6.07) is 1.44. The molecule has 1 rings (SSSR count). The van der Waals surface area contributed by atoms with Gasteiger partial charge in [-0.25, -0.2) is 4.79 Å². The Morgan fingerprint density at radius 3 is 2.47 bits per heavy atom. The van der Waals surface area contributed by atoms with Gasteiger partial charge in [-0.1, -0.05) is 23.2 Å². The standard InChI is InChI=1S/C9H9Cl2N5O3/c1-15(9(17)14-8(12)13)7-5(11)2-4(10)3-6(7)16(18)19/h2-3H,1H3,(H4,12,13,14,17). The van der Waals surface area contributed by atoms with Gasteiger partial charge in [-0.2, -0.15) is 4.99 Å². The average molecular weight is 306 g/mol. The Morgan fingerprint density at radius 2 is 2.00 bits per heavy atom. The summed E-state index contributed by atoms with van der Waals surface area (Å²) in [4.78, 5) is 26.0. The molecule has 0 saturated carbocycles. The highest BCUT2D eigenvalue weighted by Crippen LogP contribution is 2.38. The van der Waals surface area contributed by atoms with Crippen LogP contribution in [0.25, 0.3) is 0 Å². The largest absolute Gasteiger partial charge is 0.370 e. The number of anilines is 1. The van der Waals surface area contributed by atoms with Crippen molar-refractivity contribution in [2.75, 3.05) is 11.9 Å². The minimum Gasteiger partial charge on any atom is -0.370 e. The summed E-state index contributed by atoms with van der Waals surface area (Å²) >= 11 is 11.5. The number of benzene rings is 1. The van der Waals surface area contributed by atoms with Crippen LogP contribution in [0.2, 0.25) is 10.0 Å². The second-order valence-corrected chi connectivity index (χ2v) is 4.23. The fourth-order valence-corrected chi connectivity index (χ4v) is 1.91. The highest BCUT2D eigenvalue weighted by atomic mass is 35.5. The third-order valence-corrected chi connectivity index (χ3v) is 2.56. The van der Waals surface area contributed by atoms with E-state index in [9.17, 15) is 14.9 Å². The molecule has 2 amide bonds. The first-order chi connectivity index (χ1) is 8.73. The molecular weight excluding hydrogens is 297 g/mol. The maximum atomic E-state index is 11.6. The molecule has 4 N–H and O–H groups in total. The number of hydrogen-bond acceptors (Lipinski definition) is 3. The summed E-state index contributed by atoms with van der Waals surface area (Å²) in [5.41, 5.74) is 9.54. The number of nitrogens with two attached hydrogens (primary N) is 2. The molecule has 0 atom stereocenters. The van der Waals surface area contributed by atoms with Gasteiger partial charge in [0.05, 0.1) is 9.95 Å². The van der Waals surface area contributed by atoms with E-state index in [2.05, 4.69) is 4.99 Å². The van der Waals surface area contributed by atoms with Gasteiger partial charge in [-0.05, 0) is 6.07 Å². The van der Waals surface area contributed by atoms with Crippen molar-refractivity contribution >= 4 is 46.6 Å². The van der Waals surface area contributed by atoms with Crippen LogP contribution in [0.5, 0.6) is 0 Å². The lowest BCUT2D eigenvalue weighted by molar-refractivity contribution is -0.384. The van der Waals surface area contributed by atoms with Crippen molar-refractivity contribution < 1.29 is 9.72 Å². The van der Waals surface area contributed by atoms with Gasteiger partial charge in [0.2, 0.25) is 0 Å². The number of hydrogen-bond donors (Lipinski definition) is 2. The van der Waals surface area contributed by atoms with Crippen molar-refractivity contribution in [3.63, 3.8) is 0 Å². The number of rotatable bonds is 2. The number of carbonyl (C=O) groups excluding carboxylic acids is 1. The first kappa shape index (κ1) is 15.0. The van der Waals surface area contributed by atoms with E-state index in [1.165, 1.54) is 13.1 Å². The normalized spacial score (nSPS) is 9.84. The number of nitrogens with zero attached hydrogens (tertiary/aromatic N) is 3. The molecule has 0 aliphatic carbocycles. The van der Waals surface area contributed by atoms with E-state index in [1.807, 2.05) is 0 Å². The van der Waals surface area contributed by atoms with Crippen molar-refractivity contribution in [1.29, 1.82) is 0 Å². The molecule has 0 fully saturated rings. The van der Waals surface area contributed by atoms with Crippen LogP contribution in [0.4, 0.5) is 16.2 Å². The molecule has 0 aliphatic heterocycles. The minimum atomic E-state index is -0.896. The second-order valence-electron chi connectivity index (χ2n) is 3.39. The second kappa shape index (κ2) is 5.72. The lowest BCUT2D eigenvalue weighted by Gasteiger charge is -2.16. The molecule has 0 aliphatic rings. The number of amides is 2. The Labute approximate surface area is 117 Å². The van der Waals surface area contributed by atoms with Crippen LogP contribution in [0.15, 0.2) is 17.1 Å². The topological polar surface area (TPSA) is 128 Å². The average Bonchev–Trinajstić information content (AvgIpc) is 2.25. The maximum Gasteiger partial charge on any atom is 0.351 e. The van der Waals surface area contributed by atoms with Crippen molar-refractivity contribution in [3.8, 4) is 0 Å². The van der Waals surface area contributed by atoms with Crippen LogP contribution < -0.4 is 16.4 Å². The predicted molar refractivity (Wildman–Crippen MR) is 72.7 cm³/mol. The third kappa shape index (κ3) is 3.46. The van der Waals surface area contributed by atoms with Crippen LogP contribution in [-0.2, 0) is 0 Å². The van der Waals surface area contributed by atoms with Gasteiger partial charge in [0, 0.05) is 18.1 Å². The molecule has 8 nitrogen and oxygen atoms in total. The summed E-state index contributed by atoms with van der Waals surface area (Å²) in [6.07, 6.45) is 0. The van der Waals surface area contributed by atoms with Crippen LogP contribution in [0.1, 0.15) is 0 Å². The Bertz CT molecular complexity index is 571. The Morgan fingerprint density at radius 1 is 1.42 bits per heavy atom. The summed E-state index contributed by atoms with van der Waals surface area (Å²) in [6.45, 7) is 0. The fraction of sp³-hybridized carbons (Fsp3) is 0.111. The molecule has 0 radical (unpaired) electrons. The van der Waals surface area contributed by atoms with Gasteiger partial charge in [-0.15, -0.1) is 0 Å². The molecule has 1 aromatic rings. The summed E-state index contributed by atoms with van der Waals surface area (Å²) in [5, 5.41) is 10.9. The maximum absolute atomic E-state index is 11.6. The quantitative estimate of drug-likeness (QED) is 0.372. The number of carbonyl (C=O) groups is 1. The zero-order valence-corrected chi connectivity index (χ0v) is 11.1. The number of nitro benzene ring substituents is 1. The number of urea groups is 1. The molecule has 0 heterocycles. The molecule has 19 heavy (non-hydrogen) atoms. The zero-order valence-electron chi connectivity index (χ0n) is 9.63. The molecule has 0 bridgehead atoms. The van der Waals surface area contributed by atoms with Gasteiger partial charge in [0.1, 0.15) is 5.69 Å². The lowest BCUT2D eigenvalue weighted by Crippen LogP contribution is -2.30. The van der Waals surface area contributed by atoms with E-state index < -0.39 is 22.6 Å². The van der Waals surface area contributed by atoms with Crippen LogP contribution in [0, 0.1) is 10.1 Å². The summed E-state index contributed by atoms with van der Waals surface area (Å²) < 4.78 is 0. The number of halogens is 2. The Hall–Kier alpha value is -2.06. The predicted octanol–water partition coefficient (Wildman–Crippen LogP) is 1.73. The van der Waals surface area contributed by atoms with Crippen molar-refractivity contribution in [2.24, 2.45) is 16.5 Å². The first-order valence-corrected chi connectivity index (χ1v) is 5.50. The summed E-state index contributed by atoms with van der Waals surface area (Å²) in [5.74, 6) is -0.468. The Kier molecular flexibility index (Phi) is 4.52. The lowest BCUT2D eigenvalue weighted by atomic mass is 10.2. The van der Waals surface area contributed by atoms with Gasteiger partial charge in [0.25, 0.3) is 5.69 Å². The van der Waals surface area contributed by atoms with Gasteiger partial charge in [-0.3, -0.25) is 15.0 Å². The number of nitro groups is 1. The molecule has 0 saturated heterocycles. The van der Waals surface area contributed by atoms with Crippen LogP contribution in [0.3, 0.4) is 0 Å². The highest BCUT2D eigenvalue weighted by molar-refractivity contribution is 6.37. The molecule has 1 aromatic carbocycles. The molecule has 102 valence electrons. The number of aliphatic imine (C=N–C) groups is 1. The van der Waals surface area contributed by atoms with Crippen molar-refractivity contribution in [3.05, 3.63) is 32.3 Å². The SMILES string of the molecule is CN(C(=O)N=C(N)N)c1c(Cl)cc(Cl)cc1[N+](=O)[O-]. The van der Waals surface area contributed by atoms with Crippen molar-refractivity contribution in [1.82, 2.24) is 0 Å². The van der Waals surface area contributed by atoms with Gasteiger partial charge >= 0.3 is 6.03 Å². The van der Waals surface area contributed by atoms with E-state index in [4.69, 9.17) is 34.7 Å². The minimum absolute atomic E-state index is 0.0687. The molecule has 0 spiro atoms. The first-order valence-electron chi connectivity index (χ1n) is 4.74. The highest BCUT2D eigenvalue weighted by Gasteiger charge is 2.25. The van der Waals surface area contributed by atoms with E-state index in [1.54, 1.807) is 0 Å². The number of guanidine groups is 1. The van der Waals surface area contributed by atoms with Crippen LogP contribution >= 0.6 is 23.2 Å². The van der Waals surface area contributed by atoms with Crippen LogP contribution in [-0.4, -0.2) is 24.0 Å². The van der Waals surface area contributed by atoms with Gasteiger partial charge < -0.3 is 11.5 Å². The van der Waals surface area contributed by atoms with E-state index in [0.717, 1.165) is 11.0 Å². The fourth-order valence-electron chi connectivity index (χ4n) is 1.30. The third-order valence-electron chi connectivity index (χ3n) is 2.05. The molecule has 0 aromatic heterocycles. The van der Waals surface area contributed by atoms with E-state index >= 15 is 0 Å². The molecule has 10 heteroatoms. The van der Waals surface area contributed by atoms with Crippen molar-refractivity contribution in [2.45, 2.75) is 0 Å².